The molecule has 3 rings (SSSR count). The highest BCUT2D eigenvalue weighted by molar-refractivity contribution is 7.09. The van der Waals surface area contributed by atoms with Gasteiger partial charge in [-0.1, -0.05) is 5.16 Å². The summed E-state index contributed by atoms with van der Waals surface area (Å²) in [7, 11) is 0. The Labute approximate surface area is 108 Å². The van der Waals surface area contributed by atoms with Crippen LogP contribution >= 0.6 is 11.3 Å². The maximum absolute atomic E-state index is 5.56. The van der Waals surface area contributed by atoms with Crippen molar-refractivity contribution < 1.29 is 9.26 Å². The lowest BCUT2D eigenvalue weighted by Gasteiger charge is -2.19. The predicted molar refractivity (Wildman–Crippen MR) is 65.5 cm³/mol. The molecular weight excluding hydrogens is 252 g/mol. The fourth-order valence-corrected chi connectivity index (χ4v) is 2.46. The summed E-state index contributed by atoms with van der Waals surface area (Å²) in [6.45, 7) is 4.25. The van der Waals surface area contributed by atoms with E-state index in [9.17, 15) is 0 Å². The highest BCUT2D eigenvalue weighted by Crippen LogP contribution is 2.18. The normalized spacial score (nSPS) is 20.2. The lowest BCUT2D eigenvalue weighted by molar-refractivity contribution is 0.00755. The Balaban J connectivity index is 1.69. The van der Waals surface area contributed by atoms with Gasteiger partial charge < -0.3 is 14.6 Å². The molecule has 6 nitrogen and oxygen atoms in total. The summed E-state index contributed by atoms with van der Waals surface area (Å²) in [5, 5.41) is 10.3. The van der Waals surface area contributed by atoms with Crippen molar-refractivity contribution in [2.24, 2.45) is 0 Å². The quantitative estimate of drug-likeness (QED) is 0.896. The molecule has 1 saturated heterocycles. The zero-order chi connectivity index (χ0) is 12.4. The first kappa shape index (κ1) is 11.8. The third-order valence-corrected chi connectivity index (χ3v) is 3.51. The highest BCUT2D eigenvalue weighted by Gasteiger charge is 2.22. The van der Waals surface area contributed by atoms with E-state index in [1.54, 1.807) is 11.3 Å². The van der Waals surface area contributed by atoms with Gasteiger partial charge in [0, 0.05) is 18.5 Å². The fraction of sp³-hybridized carbons (Fsp3) is 0.545. The number of ether oxygens (including phenoxy) is 1. The van der Waals surface area contributed by atoms with Crippen LogP contribution in [-0.4, -0.2) is 34.8 Å². The Morgan fingerprint density at radius 2 is 2.44 bits per heavy atom. The zero-order valence-electron chi connectivity index (χ0n) is 10.0. The van der Waals surface area contributed by atoms with Gasteiger partial charge in [-0.15, -0.1) is 11.3 Å². The van der Waals surface area contributed by atoms with Gasteiger partial charge in [0.25, 0.3) is 5.89 Å². The summed E-state index contributed by atoms with van der Waals surface area (Å²) in [5.74, 6) is 1.20. The second-order valence-electron chi connectivity index (χ2n) is 4.15. The SMILES string of the molecule is Cc1nc(Cc2noc(C3CNCCO3)n2)cs1. The van der Waals surface area contributed by atoms with E-state index in [1.165, 1.54) is 0 Å². The lowest BCUT2D eigenvalue weighted by atomic mass is 10.3. The Bertz CT molecular complexity index is 519. The maximum atomic E-state index is 5.56. The van der Waals surface area contributed by atoms with E-state index < -0.39 is 0 Å². The van der Waals surface area contributed by atoms with Crippen LogP contribution in [0.5, 0.6) is 0 Å². The summed E-state index contributed by atoms with van der Waals surface area (Å²) in [5.41, 5.74) is 0.979. The van der Waals surface area contributed by atoms with E-state index in [1.807, 2.05) is 12.3 Å². The number of aromatic nitrogens is 3. The van der Waals surface area contributed by atoms with Crippen molar-refractivity contribution in [1.29, 1.82) is 0 Å². The maximum Gasteiger partial charge on any atom is 0.257 e. The smallest absolute Gasteiger partial charge is 0.257 e. The molecule has 2 aromatic heterocycles. The van der Waals surface area contributed by atoms with Crippen LogP contribution in [-0.2, 0) is 11.2 Å². The molecule has 1 unspecified atom stereocenters. The number of hydrogen-bond acceptors (Lipinski definition) is 7. The Hall–Kier alpha value is -1.31. The monoisotopic (exact) mass is 266 g/mol. The molecule has 1 aliphatic heterocycles. The van der Waals surface area contributed by atoms with Crippen LogP contribution in [0.15, 0.2) is 9.90 Å². The standard InChI is InChI=1S/C11H14N4O2S/c1-7-13-8(6-18-7)4-10-14-11(17-15-10)9-5-12-2-3-16-9/h6,9,12H,2-5H2,1H3. The third-order valence-electron chi connectivity index (χ3n) is 2.69. The second kappa shape index (κ2) is 5.13. The van der Waals surface area contributed by atoms with E-state index in [2.05, 4.69) is 20.4 Å². The van der Waals surface area contributed by atoms with Crippen molar-refractivity contribution >= 4 is 11.3 Å². The van der Waals surface area contributed by atoms with E-state index in [-0.39, 0.29) is 6.10 Å². The molecule has 96 valence electrons. The van der Waals surface area contributed by atoms with Crippen LogP contribution in [0.3, 0.4) is 0 Å². The Morgan fingerprint density at radius 3 is 3.17 bits per heavy atom. The Kier molecular flexibility index (Phi) is 3.35. The minimum Gasteiger partial charge on any atom is -0.366 e. The molecule has 0 aromatic carbocycles. The summed E-state index contributed by atoms with van der Waals surface area (Å²) in [6.07, 6.45) is 0.478. The van der Waals surface area contributed by atoms with Gasteiger partial charge in [0.2, 0.25) is 0 Å². The van der Waals surface area contributed by atoms with E-state index >= 15 is 0 Å². The van der Waals surface area contributed by atoms with Crippen LogP contribution in [0.2, 0.25) is 0 Å². The van der Waals surface area contributed by atoms with Crippen molar-refractivity contribution in [1.82, 2.24) is 20.4 Å². The van der Waals surface area contributed by atoms with Gasteiger partial charge in [0.1, 0.15) is 6.10 Å². The molecule has 1 atom stereocenters. The number of rotatable bonds is 3. The first-order chi connectivity index (χ1) is 8.81. The number of nitrogens with one attached hydrogen (secondary N) is 1. The molecule has 0 bridgehead atoms. The molecule has 7 heteroatoms. The minimum atomic E-state index is -0.128. The minimum absolute atomic E-state index is 0.128. The third kappa shape index (κ3) is 2.58. The van der Waals surface area contributed by atoms with Crippen LogP contribution in [0.4, 0.5) is 0 Å². The van der Waals surface area contributed by atoms with Gasteiger partial charge in [0.15, 0.2) is 5.82 Å². The van der Waals surface area contributed by atoms with Gasteiger partial charge in [-0.2, -0.15) is 4.98 Å². The average molecular weight is 266 g/mol. The number of aryl methyl sites for hydroxylation is 1. The summed E-state index contributed by atoms with van der Waals surface area (Å²) >= 11 is 1.63. The molecule has 0 saturated carbocycles. The molecule has 0 aliphatic carbocycles. The number of thiazole rings is 1. The van der Waals surface area contributed by atoms with Crippen molar-refractivity contribution in [2.45, 2.75) is 19.4 Å². The average Bonchev–Trinajstić information content (AvgIpc) is 3.01. The van der Waals surface area contributed by atoms with E-state index in [0.29, 0.717) is 24.7 Å². The van der Waals surface area contributed by atoms with Gasteiger partial charge >= 0.3 is 0 Å². The van der Waals surface area contributed by atoms with Crippen LogP contribution in [0.1, 0.15) is 28.5 Å². The van der Waals surface area contributed by atoms with Crippen molar-refractivity contribution in [2.75, 3.05) is 19.7 Å². The van der Waals surface area contributed by atoms with Crippen LogP contribution in [0.25, 0.3) is 0 Å². The molecule has 3 heterocycles. The number of nitrogens with zero attached hydrogens (tertiary/aromatic N) is 3. The molecule has 0 radical (unpaired) electrons. The molecule has 0 amide bonds. The largest absolute Gasteiger partial charge is 0.366 e. The molecule has 0 spiro atoms. The Morgan fingerprint density at radius 1 is 1.50 bits per heavy atom. The second-order valence-corrected chi connectivity index (χ2v) is 5.21. The lowest BCUT2D eigenvalue weighted by Crippen LogP contribution is -2.33. The molecule has 18 heavy (non-hydrogen) atoms. The first-order valence-corrected chi connectivity index (χ1v) is 6.75. The fourth-order valence-electron chi connectivity index (χ4n) is 1.85. The van der Waals surface area contributed by atoms with Crippen LogP contribution in [0, 0.1) is 6.92 Å². The highest BCUT2D eigenvalue weighted by atomic mass is 32.1. The van der Waals surface area contributed by atoms with Crippen LogP contribution < -0.4 is 5.32 Å². The molecule has 2 aromatic rings. The van der Waals surface area contributed by atoms with E-state index in [4.69, 9.17) is 9.26 Å². The molecule has 1 N–H and O–H groups in total. The van der Waals surface area contributed by atoms with Gasteiger partial charge in [-0.25, -0.2) is 4.98 Å². The van der Waals surface area contributed by atoms with Gasteiger partial charge in [-0.3, -0.25) is 0 Å². The number of morpholine rings is 1. The van der Waals surface area contributed by atoms with Crippen molar-refractivity contribution in [3.63, 3.8) is 0 Å². The van der Waals surface area contributed by atoms with Crippen molar-refractivity contribution in [3.05, 3.63) is 27.8 Å². The molecule has 1 fully saturated rings. The summed E-state index contributed by atoms with van der Waals surface area (Å²) < 4.78 is 10.8. The summed E-state index contributed by atoms with van der Waals surface area (Å²) in [4.78, 5) is 8.74. The predicted octanol–water partition coefficient (Wildman–Crippen LogP) is 1.09. The van der Waals surface area contributed by atoms with E-state index in [0.717, 1.165) is 23.8 Å². The molecular formula is C11H14N4O2S. The van der Waals surface area contributed by atoms with Crippen molar-refractivity contribution in [3.8, 4) is 0 Å². The summed E-state index contributed by atoms with van der Waals surface area (Å²) in [6, 6.07) is 0. The topological polar surface area (TPSA) is 73.1 Å². The zero-order valence-corrected chi connectivity index (χ0v) is 10.9. The van der Waals surface area contributed by atoms with Gasteiger partial charge in [-0.05, 0) is 6.92 Å². The number of hydrogen-bond donors (Lipinski definition) is 1. The molecule has 1 aliphatic rings. The first-order valence-electron chi connectivity index (χ1n) is 5.87. The van der Waals surface area contributed by atoms with Gasteiger partial charge in [0.05, 0.1) is 23.7 Å².